The van der Waals surface area contributed by atoms with Crippen LogP contribution in [0.4, 0.5) is 5.95 Å². The molecule has 114 valence electrons. The number of nitrogens with zero attached hydrogens (tertiary/aromatic N) is 3. The number of hydrogen-bond donors (Lipinski definition) is 2. The summed E-state index contributed by atoms with van der Waals surface area (Å²) in [6.45, 7) is 9.56. The Kier molecular flexibility index (Phi) is 6.83. The molecule has 20 heavy (non-hydrogen) atoms. The van der Waals surface area contributed by atoms with Gasteiger partial charge in [-0.15, -0.1) is 0 Å². The molecule has 2 N–H and O–H groups in total. The van der Waals surface area contributed by atoms with Crippen molar-refractivity contribution in [1.82, 2.24) is 19.6 Å². The Morgan fingerprint density at radius 2 is 1.75 bits per heavy atom. The minimum absolute atomic E-state index is 0.0821. The lowest BCUT2D eigenvalue weighted by Gasteiger charge is -2.17. The average molecular weight is 301 g/mol. The highest BCUT2D eigenvalue weighted by Gasteiger charge is 2.15. The summed E-state index contributed by atoms with van der Waals surface area (Å²) in [5.41, 5.74) is 0. The van der Waals surface area contributed by atoms with Gasteiger partial charge >= 0.3 is 0 Å². The van der Waals surface area contributed by atoms with E-state index in [0.717, 1.165) is 13.1 Å². The molecule has 8 heteroatoms. The Hall–Kier alpha value is -1.25. The molecule has 0 spiro atoms. The van der Waals surface area contributed by atoms with Gasteiger partial charge in [0.1, 0.15) is 4.90 Å². The standard InChI is InChI=1S/C12H23N5O2S/c1-4-13-12-14-9-11(10-15-12)20(18,19)16-7-8-17(5-2)6-3/h9-10,16H,4-8H2,1-3H3,(H,13,14,15). The van der Waals surface area contributed by atoms with Crippen molar-refractivity contribution in [2.45, 2.75) is 25.7 Å². The number of aromatic nitrogens is 2. The lowest BCUT2D eigenvalue weighted by Crippen LogP contribution is -2.34. The van der Waals surface area contributed by atoms with Gasteiger partial charge in [0.05, 0.1) is 12.4 Å². The van der Waals surface area contributed by atoms with E-state index in [0.29, 0.717) is 25.6 Å². The first-order valence-corrected chi connectivity index (χ1v) is 8.29. The SMILES string of the molecule is CCNc1ncc(S(=O)(=O)NCCN(CC)CC)cn1. The summed E-state index contributed by atoms with van der Waals surface area (Å²) in [5, 5.41) is 2.92. The van der Waals surface area contributed by atoms with Crippen molar-refractivity contribution < 1.29 is 8.42 Å². The number of nitrogens with one attached hydrogen (secondary N) is 2. The van der Waals surface area contributed by atoms with Crippen LogP contribution in [0.5, 0.6) is 0 Å². The summed E-state index contributed by atoms with van der Waals surface area (Å²) < 4.78 is 26.6. The van der Waals surface area contributed by atoms with Crippen LogP contribution < -0.4 is 10.0 Å². The molecule has 1 aromatic rings. The molecular weight excluding hydrogens is 278 g/mol. The van der Waals surface area contributed by atoms with Gasteiger partial charge in [-0.2, -0.15) is 0 Å². The Morgan fingerprint density at radius 3 is 2.25 bits per heavy atom. The molecule has 0 radical (unpaired) electrons. The molecule has 0 saturated heterocycles. The van der Waals surface area contributed by atoms with Crippen molar-refractivity contribution in [1.29, 1.82) is 0 Å². The quantitative estimate of drug-likeness (QED) is 0.692. The van der Waals surface area contributed by atoms with Gasteiger partial charge in [-0.1, -0.05) is 13.8 Å². The van der Waals surface area contributed by atoms with Crippen molar-refractivity contribution >= 4 is 16.0 Å². The van der Waals surface area contributed by atoms with Crippen molar-refractivity contribution in [3.63, 3.8) is 0 Å². The van der Waals surface area contributed by atoms with Crippen LogP contribution in [0.25, 0.3) is 0 Å². The van der Waals surface area contributed by atoms with Crippen LogP contribution in [-0.4, -0.2) is 56.0 Å². The van der Waals surface area contributed by atoms with Gasteiger partial charge < -0.3 is 10.2 Å². The van der Waals surface area contributed by atoms with E-state index in [1.165, 1.54) is 12.4 Å². The lowest BCUT2D eigenvalue weighted by atomic mass is 10.5. The number of hydrogen-bond acceptors (Lipinski definition) is 6. The molecule has 0 aliphatic carbocycles. The first-order valence-electron chi connectivity index (χ1n) is 6.81. The molecule has 1 rings (SSSR count). The van der Waals surface area contributed by atoms with Crippen molar-refractivity contribution in [3.8, 4) is 0 Å². The predicted octanol–water partition coefficient (Wildman–Crippen LogP) is 0.528. The molecule has 0 saturated carbocycles. The Balaban J connectivity index is 2.59. The number of anilines is 1. The number of sulfonamides is 1. The van der Waals surface area contributed by atoms with Gasteiger partial charge in [0.25, 0.3) is 0 Å². The van der Waals surface area contributed by atoms with Gasteiger partial charge in [0.15, 0.2) is 0 Å². The topological polar surface area (TPSA) is 87.2 Å². The fraction of sp³-hybridized carbons (Fsp3) is 0.667. The first-order chi connectivity index (χ1) is 9.53. The summed E-state index contributed by atoms with van der Waals surface area (Å²) in [5.74, 6) is 0.426. The molecule has 0 aliphatic rings. The zero-order valence-electron chi connectivity index (χ0n) is 12.3. The van der Waals surface area contributed by atoms with Gasteiger partial charge in [-0.25, -0.2) is 23.1 Å². The molecule has 7 nitrogen and oxygen atoms in total. The van der Waals surface area contributed by atoms with E-state index in [9.17, 15) is 8.42 Å². The van der Waals surface area contributed by atoms with E-state index >= 15 is 0 Å². The van der Waals surface area contributed by atoms with E-state index in [4.69, 9.17) is 0 Å². The fourth-order valence-electron chi connectivity index (χ4n) is 1.67. The van der Waals surface area contributed by atoms with Crippen LogP contribution in [0.3, 0.4) is 0 Å². The average Bonchev–Trinajstić information content (AvgIpc) is 2.44. The van der Waals surface area contributed by atoms with Crippen molar-refractivity contribution in [2.75, 3.05) is 38.0 Å². The molecular formula is C12H23N5O2S. The highest BCUT2D eigenvalue weighted by atomic mass is 32.2. The third-order valence-electron chi connectivity index (χ3n) is 2.89. The Labute approximate surface area is 120 Å². The van der Waals surface area contributed by atoms with Crippen LogP contribution in [-0.2, 0) is 10.0 Å². The van der Waals surface area contributed by atoms with Crippen LogP contribution in [0.15, 0.2) is 17.3 Å². The molecule has 0 atom stereocenters. The van der Waals surface area contributed by atoms with Crippen LogP contribution in [0.2, 0.25) is 0 Å². The summed E-state index contributed by atoms with van der Waals surface area (Å²) in [6.07, 6.45) is 2.62. The molecule has 0 unspecified atom stereocenters. The van der Waals surface area contributed by atoms with Crippen molar-refractivity contribution in [3.05, 3.63) is 12.4 Å². The first kappa shape index (κ1) is 16.8. The smallest absolute Gasteiger partial charge is 0.243 e. The molecule has 0 aliphatic heterocycles. The Bertz CT molecular complexity index is 485. The minimum atomic E-state index is -3.53. The fourth-order valence-corrected chi connectivity index (χ4v) is 2.58. The number of rotatable bonds is 9. The van der Waals surface area contributed by atoms with Crippen LogP contribution in [0.1, 0.15) is 20.8 Å². The molecule has 0 bridgehead atoms. The van der Waals surface area contributed by atoms with Gasteiger partial charge in [-0.05, 0) is 20.0 Å². The highest BCUT2D eigenvalue weighted by Crippen LogP contribution is 2.06. The second-order valence-corrected chi connectivity index (χ2v) is 5.96. The summed E-state index contributed by atoms with van der Waals surface area (Å²) in [4.78, 5) is 10.1. The minimum Gasteiger partial charge on any atom is -0.355 e. The second kappa shape index (κ2) is 8.13. The predicted molar refractivity (Wildman–Crippen MR) is 79.2 cm³/mol. The molecule has 1 aromatic heterocycles. The summed E-state index contributed by atoms with van der Waals surface area (Å²) in [6, 6.07) is 0. The largest absolute Gasteiger partial charge is 0.355 e. The van der Waals surface area contributed by atoms with E-state index < -0.39 is 10.0 Å². The molecule has 0 aromatic carbocycles. The van der Waals surface area contributed by atoms with E-state index in [1.807, 2.05) is 20.8 Å². The third-order valence-corrected chi connectivity index (χ3v) is 4.30. The lowest BCUT2D eigenvalue weighted by molar-refractivity contribution is 0.309. The Morgan fingerprint density at radius 1 is 1.15 bits per heavy atom. The molecule has 1 heterocycles. The highest BCUT2D eigenvalue weighted by molar-refractivity contribution is 7.89. The maximum absolute atomic E-state index is 12.0. The van der Waals surface area contributed by atoms with Crippen molar-refractivity contribution in [2.24, 2.45) is 0 Å². The second-order valence-electron chi connectivity index (χ2n) is 4.20. The molecule has 0 amide bonds. The van der Waals surface area contributed by atoms with Gasteiger partial charge in [-0.3, -0.25) is 0 Å². The normalized spacial score (nSPS) is 11.8. The van der Waals surface area contributed by atoms with Crippen LogP contribution in [0, 0.1) is 0 Å². The zero-order valence-corrected chi connectivity index (χ0v) is 13.1. The maximum Gasteiger partial charge on any atom is 0.243 e. The van der Waals surface area contributed by atoms with Crippen LogP contribution >= 0.6 is 0 Å². The van der Waals surface area contributed by atoms with E-state index in [2.05, 4.69) is 24.9 Å². The third kappa shape index (κ3) is 5.03. The zero-order chi connectivity index (χ0) is 15.0. The summed E-state index contributed by atoms with van der Waals surface area (Å²) >= 11 is 0. The number of likely N-dealkylation sites (N-methyl/N-ethyl adjacent to an activating group) is 1. The summed E-state index contributed by atoms with van der Waals surface area (Å²) in [7, 11) is -3.53. The van der Waals surface area contributed by atoms with E-state index in [-0.39, 0.29) is 4.90 Å². The monoisotopic (exact) mass is 301 g/mol. The van der Waals surface area contributed by atoms with E-state index in [1.54, 1.807) is 0 Å². The maximum atomic E-state index is 12.0. The van der Waals surface area contributed by atoms with Gasteiger partial charge in [0, 0.05) is 19.6 Å². The molecule has 0 fully saturated rings. The van der Waals surface area contributed by atoms with Gasteiger partial charge in [0.2, 0.25) is 16.0 Å².